The van der Waals surface area contributed by atoms with E-state index in [2.05, 4.69) is 49.3 Å². The molecule has 0 fully saturated rings. The first kappa shape index (κ1) is 23.1. The van der Waals surface area contributed by atoms with E-state index in [9.17, 15) is 9.59 Å². The first-order chi connectivity index (χ1) is 15.8. The van der Waals surface area contributed by atoms with E-state index >= 15 is 0 Å². The van der Waals surface area contributed by atoms with Gasteiger partial charge in [0.1, 0.15) is 11.6 Å². The van der Waals surface area contributed by atoms with Gasteiger partial charge in [-0.15, -0.1) is 0 Å². The number of hydrogen-bond donors (Lipinski definition) is 1. The number of aryl methyl sites for hydroxylation is 1. The van der Waals surface area contributed by atoms with E-state index in [0.717, 1.165) is 16.9 Å². The highest BCUT2D eigenvalue weighted by molar-refractivity contribution is 7.98. The monoisotopic (exact) mass is 463 g/mol. The molecule has 7 heteroatoms. The molecule has 0 saturated carbocycles. The Morgan fingerprint density at radius 3 is 2.64 bits per heavy atom. The third kappa shape index (κ3) is 5.30. The van der Waals surface area contributed by atoms with Crippen LogP contribution in [0.15, 0.2) is 58.5 Å². The second-order valence-electron chi connectivity index (χ2n) is 8.88. The normalized spacial score (nSPS) is 15.3. The Balaban J connectivity index is 1.62. The third-order valence-electron chi connectivity index (χ3n) is 5.62. The number of amides is 1. The second kappa shape index (κ2) is 9.83. The van der Waals surface area contributed by atoms with Crippen LogP contribution in [0.3, 0.4) is 0 Å². The number of nitrogens with zero attached hydrogens (tertiary/aromatic N) is 2. The van der Waals surface area contributed by atoms with Gasteiger partial charge in [0.25, 0.3) is 5.56 Å². The molecule has 0 radical (unpaired) electrons. The Bertz CT molecular complexity index is 1220. The third-order valence-corrected chi connectivity index (χ3v) is 6.72. The molecule has 33 heavy (non-hydrogen) atoms. The predicted octanol–water partition coefficient (Wildman–Crippen LogP) is 4.89. The Morgan fingerprint density at radius 2 is 1.94 bits per heavy atom. The average Bonchev–Trinajstić information content (AvgIpc) is 2.79. The molecule has 172 valence electrons. The van der Waals surface area contributed by atoms with Crippen molar-refractivity contribution in [2.75, 3.05) is 11.9 Å². The zero-order valence-electron chi connectivity index (χ0n) is 19.4. The number of carbonyl (C=O) groups excluding carboxylic acids is 1. The molecular weight excluding hydrogens is 434 g/mol. The SMILES string of the molecule is Cc1cccc(CSc2nc(=O)c3c(n2C)NC(=O)C[C@@H]3c2ccc(OCC(C)C)cc2)c1. The minimum Gasteiger partial charge on any atom is -0.493 e. The maximum atomic E-state index is 13.1. The van der Waals surface area contributed by atoms with Gasteiger partial charge in [-0.2, -0.15) is 4.98 Å². The second-order valence-corrected chi connectivity index (χ2v) is 9.82. The largest absolute Gasteiger partial charge is 0.493 e. The molecule has 1 amide bonds. The molecular formula is C26H29N3O3S. The Labute approximate surface area is 198 Å². The van der Waals surface area contributed by atoms with Crippen LogP contribution in [0.5, 0.6) is 5.75 Å². The fraction of sp³-hybridized carbons (Fsp3) is 0.346. The van der Waals surface area contributed by atoms with Gasteiger partial charge in [-0.25, -0.2) is 0 Å². The van der Waals surface area contributed by atoms with Gasteiger partial charge in [-0.3, -0.25) is 9.59 Å². The lowest BCUT2D eigenvalue weighted by molar-refractivity contribution is -0.116. The number of aromatic nitrogens is 2. The van der Waals surface area contributed by atoms with Gasteiger partial charge in [0.05, 0.1) is 12.2 Å². The number of anilines is 1. The van der Waals surface area contributed by atoms with Gasteiger partial charge in [0.15, 0.2) is 5.16 Å². The number of fused-ring (bicyclic) bond motifs is 1. The fourth-order valence-corrected chi connectivity index (χ4v) is 4.87. The van der Waals surface area contributed by atoms with E-state index in [1.165, 1.54) is 17.3 Å². The van der Waals surface area contributed by atoms with Crippen molar-refractivity contribution in [1.29, 1.82) is 0 Å². The summed E-state index contributed by atoms with van der Waals surface area (Å²) < 4.78 is 7.59. The molecule has 1 aromatic heterocycles. The van der Waals surface area contributed by atoms with Crippen molar-refractivity contribution < 1.29 is 9.53 Å². The summed E-state index contributed by atoms with van der Waals surface area (Å²) in [5.74, 6) is 1.99. The van der Waals surface area contributed by atoms with Crippen LogP contribution >= 0.6 is 11.8 Å². The number of nitrogens with one attached hydrogen (secondary N) is 1. The lowest BCUT2D eigenvalue weighted by atomic mass is 9.87. The summed E-state index contributed by atoms with van der Waals surface area (Å²) in [6.45, 7) is 6.89. The van der Waals surface area contributed by atoms with Crippen molar-refractivity contribution in [2.45, 2.75) is 44.0 Å². The van der Waals surface area contributed by atoms with Gasteiger partial charge in [0, 0.05) is 25.1 Å². The number of rotatable bonds is 7. The first-order valence-corrected chi connectivity index (χ1v) is 12.1. The summed E-state index contributed by atoms with van der Waals surface area (Å²) in [6, 6.07) is 15.9. The minimum atomic E-state index is -0.338. The van der Waals surface area contributed by atoms with E-state index < -0.39 is 0 Å². The molecule has 0 bridgehead atoms. The minimum absolute atomic E-state index is 0.108. The van der Waals surface area contributed by atoms with E-state index in [4.69, 9.17) is 4.74 Å². The van der Waals surface area contributed by atoms with Crippen LogP contribution in [0.4, 0.5) is 5.82 Å². The van der Waals surface area contributed by atoms with Crippen molar-refractivity contribution in [1.82, 2.24) is 9.55 Å². The molecule has 1 aliphatic heterocycles. The fourth-order valence-electron chi connectivity index (χ4n) is 3.96. The van der Waals surface area contributed by atoms with Gasteiger partial charge < -0.3 is 14.6 Å². The van der Waals surface area contributed by atoms with Crippen LogP contribution in [0, 0.1) is 12.8 Å². The van der Waals surface area contributed by atoms with Gasteiger partial charge in [0.2, 0.25) is 5.91 Å². The van der Waals surface area contributed by atoms with Crippen molar-refractivity contribution >= 4 is 23.5 Å². The van der Waals surface area contributed by atoms with E-state index in [1.54, 1.807) is 0 Å². The molecule has 0 spiro atoms. The van der Waals surface area contributed by atoms with Crippen molar-refractivity contribution in [2.24, 2.45) is 13.0 Å². The molecule has 2 heterocycles. The predicted molar refractivity (Wildman–Crippen MR) is 132 cm³/mol. The van der Waals surface area contributed by atoms with E-state index in [0.29, 0.717) is 34.8 Å². The van der Waals surface area contributed by atoms with Gasteiger partial charge in [-0.1, -0.05) is 67.6 Å². The van der Waals surface area contributed by atoms with E-state index in [1.807, 2.05) is 41.9 Å². The molecule has 1 atom stereocenters. The Hall–Kier alpha value is -3.06. The van der Waals surface area contributed by atoms with Crippen LogP contribution in [-0.4, -0.2) is 22.1 Å². The molecule has 0 aliphatic carbocycles. The maximum Gasteiger partial charge on any atom is 0.279 e. The van der Waals surface area contributed by atoms with E-state index in [-0.39, 0.29) is 23.8 Å². The standard InChI is InChI=1S/C26H29N3O3S/c1-16(2)14-32-20-10-8-19(9-11-20)21-13-22(30)27-24-23(21)25(31)28-26(29(24)4)33-15-18-7-5-6-17(3)12-18/h5-12,16,21H,13-15H2,1-4H3,(H,27,30)/t21-/m1/s1. The highest BCUT2D eigenvalue weighted by Crippen LogP contribution is 2.36. The quantitative estimate of drug-likeness (QED) is 0.399. The number of carbonyl (C=O) groups is 1. The van der Waals surface area contributed by atoms with Crippen LogP contribution in [-0.2, 0) is 17.6 Å². The zero-order chi connectivity index (χ0) is 23.5. The Kier molecular flexibility index (Phi) is 6.88. The topological polar surface area (TPSA) is 73.2 Å². The van der Waals surface area contributed by atoms with Crippen molar-refractivity contribution in [3.8, 4) is 5.75 Å². The molecule has 4 rings (SSSR count). The maximum absolute atomic E-state index is 13.1. The highest BCUT2D eigenvalue weighted by Gasteiger charge is 2.32. The van der Waals surface area contributed by atoms with Crippen molar-refractivity contribution in [3.05, 3.63) is 81.1 Å². The van der Waals surface area contributed by atoms with Crippen molar-refractivity contribution in [3.63, 3.8) is 0 Å². The lowest BCUT2D eigenvalue weighted by Gasteiger charge is -2.27. The average molecular weight is 464 g/mol. The number of benzene rings is 2. The van der Waals surface area contributed by atoms with Crippen LogP contribution in [0.2, 0.25) is 0 Å². The molecule has 1 aliphatic rings. The number of ether oxygens (including phenoxy) is 1. The summed E-state index contributed by atoms with van der Waals surface area (Å²) in [4.78, 5) is 30.1. The highest BCUT2D eigenvalue weighted by atomic mass is 32.2. The first-order valence-electron chi connectivity index (χ1n) is 11.1. The summed E-state index contributed by atoms with van der Waals surface area (Å²) in [5, 5.41) is 3.49. The summed E-state index contributed by atoms with van der Waals surface area (Å²) in [7, 11) is 1.84. The summed E-state index contributed by atoms with van der Waals surface area (Å²) in [5.41, 5.74) is 3.50. The smallest absolute Gasteiger partial charge is 0.279 e. The molecule has 2 aromatic carbocycles. The van der Waals surface area contributed by atoms with Gasteiger partial charge >= 0.3 is 0 Å². The number of hydrogen-bond acceptors (Lipinski definition) is 5. The zero-order valence-corrected chi connectivity index (χ0v) is 20.2. The summed E-state index contributed by atoms with van der Waals surface area (Å²) >= 11 is 1.49. The molecule has 0 saturated heterocycles. The number of thioether (sulfide) groups is 1. The van der Waals surface area contributed by atoms with Gasteiger partial charge in [-0.05, 0) is 36.1 Å². The lowest BCUT2D eigenvalue weighted by Crippen LogP contribution is -2.33. The molecule has 3 aromatic rings. The summed E-state index contributed by atoms with van der Waals surface area (Å²) in [6.07, 6.45) is 0.214. The molecule has 1 N–H and O–H groups in total. The van der Waals surface area contributed by atoms with Crippen LogP contribution in [0.1, 0.15) is 48.4 Å². The molecule has 0 unspecified atom stereocenters. The van der Waals surface area contributed by atoms with Crippen LogP contribution in [0.25, 0.3) is 0 Å². The molecule has 6 nitrogen and oxygen atoms in total. The Morgan fingerprint density at radius 1 is 1.18 bits per heavy atom. The van der Waals surface area contributed by atoms with Crippen LogP contribution < -0.4 is 15.6 Å².